The molecule has 0 aliphatic carbocycles. The molecule has 0 radical (unpaired) electrons. The number of carboxylic acid groups (broad SMARTS) is 2. The molecule has 1 saturated heterocycles. The highest BCUT2D eigenvalue weighted by Crippen LogP contribution is 2.21. The first-order valence-corrected chi connectivity index (χ1v) is 5.76. The Morgan fingerprint density at radius 2 is 1.89 bits per heavy atom. The van der Waals surface area contributed by atoms with Crippen molar-refractivity contribution in [2.75, 3.05) is 6.54 Å². The minimum Gasteiger partial charge on any atom is -0.480 e. The van der Waals surface area contributed by atoms with Crippen LogP contribution in [0.15, 0.2) is 0 Å². The lowest BCUT2D eigenvalue weighted by molar-refractivity contribution is -0.144. The maximum Gasteiger partial charge on any atom is 0.408 e. The number of carbonyl (C=O) groups excluding carboxylic acids is 1. The molecule has 1 heterocycles. The Morgan fingerprint density at radius 1 is 1.32 bits per heavy atom. The van der Waals surface area contributed by atoms with Crippen LogP contribution in [-0.4, -0.2) is 52.0 Å². The summed E-state index contributed by atoms with van der Waals surface area (Å²) < 4.78 is 4.98. The van der Waals surface area contributed by atoms with E-state index in [1.165, 1.54) is 0 Å². The topological polar surface area (TPSA) is 125 Å². The zero-order valence-electron chi connectivity index (χ0n) is 11.0. The van der Waals surface area contributed by atoms with E-state index in [2.05, 4.69) is 10.6 Å². The third-order valence-electron chi connectivity index (χ3n) is 2.65. The number of alkyl carbamates (subject to hydrolysis) is 1. The monoisotopic (exact) mass is 274 g/mol. The van der Waals surface area contributed by atoms with Gasteiger partial charge in [0.25, 0.3) is 0 Å². The van der Waals surface area contributed by atoms with Crippen LogP contribution in [0.25, 0.3) is 0 Å². The van der Waals surface area contributed by atoms with Crippen molar-refractivity contribution in [3.05, 3.63) is 0 Å². The van der Waals surface area contributed by atoms with E-state index in [1.807, 2.05) is 0 Å². The number of ether oxygens (including phenoxy) is 1. The molecule has 0 aromatic carbocycles. The van der Waals surface area contributed by atoms with Crippen LogP contribution < -0.4 is 10.6 Å². The summed E-state index contributed by atoms with van der Waals surface area (Å²) in [5.74, 6) is -2.45. The van der Waals surface area contributed by atoms with Gasteiger partial charge in [-0.1, -0.05) is 0 Å². The van der Waals surface area contributed by atoms with Gasteiger partial charge < -0.3 is 25.6 Å². The quantitative estimate of drug-likeness (QED) is 0.560. The summed E-state index contributed by atoms with van der Waals surface area (Å²) in [6.45, 7) is 4.77. The molecule has 8 heteroatoms. The molecule has 1 rings (SSSR count). The van der Waals surface area contributed by atoms with Gasteiger partial charge in [-0.25, -0.2) is 9.59 Å². The Hall–Kier alpha value is -1.83. The van der Waals surface area contributed by atoms with E-state index in [4.69, 9.17) is 9.84 Å². The van der Waals surface area contributed by atoms with Crippen molar-refractivity contribution in [2.45, 2.75) is 44.4 Å². The summed E-state index contributed by atoms with van der Waals surface area (Å²) in [6.07, 6.45) is -1.13. The molecule has 0 spiro atoms. The minimum absolute atomic E-state index is 0.168. The van der Waals surface area contributed by atoms with Gasteiger partial charge in [-0.15, -0.1) is 0 Å². The molecule has 2 atom stereocenters. The highest BCUT2D eigenvalue weighted by atomic mass is 16.6. The zero-order valence-corrected chi connectivity index (χ0v) is 11.0. The highest BCUT2D eigenvalue weighted by molar-refractivity contribution is 5.87. The lowest BCUT2D eigenvalue weighted by Gasteiger charge is -2.27. The SMILES string of the molecule is CC(C)(C)OC(=O)N[C@@]1(C(=O)O)CN[C@@H](C(=O)O)C1. The molecule has 0 aromatic rings. The zero-order chi connectivity index (χ0) is 14.8. The van der Waals surface area contributed by atoms with Crippen molar-refractivity contribution >= 4 is 18.0 Å². The van der Waals surface area contributed by atoms with E-state index in [-0.39, 0.29) is 13.0 Å². The third kappa shape index (κ3) is 3.82. The second-order valence-electron chi connectivity index (χ2n) is 5.49. The van der Waals surface area contributed by atoms with Gasteiger partial charge >= 0.3 is 18.0 Å². The largest absolute Gasteiger partial charge is 0.480 e. The fraction of sp³-hybridized carbons (Fsp3) is 0.727. The lowest BCUT2D eigenvalue weighted by Crippen LogP contribution is -2.57. The Bertz CT molecular complexity index is 402. The van der Waals surface area contributed by atoms with E-state index in [1.54, 1.807) is 20.8 Å². The number of rotatable bonds is 3. The molecule has 8 nitrogen and oxygen atoms in total. The molecule has 108 valence electrons. The molecular formula is C11H18N2O6. The van der Waals surface area contributed by atoms with E-state index < -0.39 is 35.2 Å². The maximum absolute atomic E-state index is 11.6. The minimum atomic E-state index is -1.66. The predicted molar refractivity (Wildman–Crippen MR) is 63.8 cm³/mol. The van der Waals surface area contributed by atoms with Crippen LogP contribution in [-0.2, 0) is 14.3 Å². The molecule has 1 aliphatic rings. The molecule has 0 aromatic heterocycles. The Morgan fingerprint density at radius 3 is 2.26 bits per heavy atom. The van der Waals surface area contributed by atoms with Gasteiger partial charge in [0, 0.05) is 13.0 Å². The molecule has 1 fully saturated rings. The number of carbonyl (C=O) groups is 3. The van der Waals surface area contributed by atoms with Gasteiger partial charge in [0.15, 0.2) is 5.54 Å². The molecule has 4 N–H and O–H groups in total. The van der Waals surface area contributed by atoms with Crippen LogP contribution in [0.4, 0.5) is 4.79 Å². The number of aliphatic carboxylic acids is 2. The number of hydrogen-bond acceptors (Lipinski definition) is 5. The average Bonchev–Trinajstić information content (AvgIpc) is 2.60. The van der Waals surface area contributed by atoms with Crippen LogP contribution >= 0.6 is 0 Å². The fourth-order valence-electron chi connectivity index (χ4n) is 1.78. The summed E-state index contributed by atoms with van der Waals surface area (Å²) in [4.78, 5) is 33.7. The van der Waals surface area contributed by atoms with E-state index in [0.29, 0.717) is 0 Å². The molecular weight excluding hydrogens is 256 g/mol. The van der Waals surface area contributed by atoms with Gasteiger partial charge in [-0.2, -0.15) is 0 Å². The lowest BCUT2D eigenvalue weighted by atomic mass is 9.96. The van der Waals surface area contributed by atoms with Crippen LogP contribution in [0, 0.1) is 0 Å². The first-order valence-electron chi connectivity index (χ1n) is 5.76. The predicted octanol–water partition coefficient (Wildman–Crippen LogP) is -0.219. The molecule has 0 unspecified atom stereocenters. The summed E-state index contributed by atoms with van der Waals surface area (Å²) in [5.41, 5.74) is -2.42. The van der Waals surface area contributed by atoms with Crippen LogP contribution in [0.5, 0.6) is 0 Å². The van der Waals surface area contributed by atoms with Crippen LogP contribution in [0.3, 0.4) is 0 Å². The number of amides is 1. The van der Waals surface area contributed by atoms with Crippen molar-refractivity contribution in [3.8, 4) is 0 Å². The summed E-state index contributed by atoms with van der Waals surface area (Å²) >= 11 is 0. The van der Waals surface area contributed by atoms with Gasteiger partial charge in [-0.05, 0) is 20.8 Å². The fourth-order valence-corrected chi connectivity index (χ4v) is 1.78. The highest BCUT2D eigenvalue weighted by Gasteiger charge is 2.49. The van der Waals surface area contributed by atoms with Crippen LogP contribution in [0.2, 0.25) is 0 Å². The second kappa shape index (κ2) is 5.04. The molecule has 19 heavy (non-hydrogen) atoms. The van der Waals surface area contributed by atoms with E-state index >= 15 is 0 Å². The van der Waals surface area contributed by atoms with Crippen molar-refractivity contribution < 1.29 is 29.3 Å². The molecule has 0 bridgehead atoms. The molecule has 1 amide bonds. The van der Waals surface area contributed by atoms with E-state index in [0.717, 1.165) is 0 Å². The normalized spacial score (nSPS) is 26.8. The first-order chi connectivity index (χ1) is 8.56. The Balaban J connectivity index is 2.78. The van der Waals surface area contributed by atoms with Gasteiger partial charge in [0.1, 0.15) is 11.6 Å². The number of nitrogens with one attached hydrogen (secondary N) is 2. The van der Waals surface area contributed by atoms with Crippen molar-refractivity contribution in [2.24, 2.45) is 0 Å². The summed E-state index contributed by atoms with van der Waals surface area (Å²) in [7, 11) is 0. The standard InChI is InChI=1S/C11H18N2O6/c1-10(2,3)19-9(18)13-11(8(16)17)4-6(7(14)15)12-5-11/h6,12H,4-5H2,1-3H3,(H,13,18)(H,14,15)(H,16,17)/t6-,11-/m1/s1. The Labute approximate surface area is 110 Å². The van der Waals surface area contributed by atoms with Crippen molar-refractivity contribution in [1.29, 1.82) is 0 Å². The number of hydrogen-bond donors (Lipinski definition) is 4. The average molecular weight is 274 g/mol. The molecule has 0 saturated carbocycles. The first kappa shape index (κ1) is 15.2. The Kier molecular flexibility index (Phi) is 4.04. The van der Waals surface area contributed by atoms with Crippen molar-refractivity contribution in [1.82, 2.24) is 10.6 Å². The number of carboxylic acids is 2. The van der Waals surface area contributed by atoms with Gasteiger partial charge in [0.05, 0.1) is 0 Å². The maximum atomic E-state index is 11.6. The summed E-state index contributed by atoms with van der Waals surface area (Å²) in [5, 5.41) is 22.8. The smallest absolute Gasteiger partial charge is 0.408 e. The van der Waals surface area contributed by atoms with E-state index in [9.17, 15) is 19.5 Å². The van der Waals surface area contributed by atoms with Gasteiger partial charge in [0.2, 0.25) is 0 Å². The van der Waals surface area contributed by atoms with Gasteiger partial charge in [-0.3, -0.25) is 4.79 Å². The van der Waals surface area contributed by atoms with Crippen LogP contribution in [0.1, 0.15) is 27.2 Å². The third-order valence-corrected chi connectivity index (χ3v) is 2.65. The summed E-state index contributed by atoms with van der Waals surface area (Å²) in [6, 6.07) is -1.01. The molecule has 1 aliphatic heterocycles. The second-order valence-corrected chi connectivity index (χ2v) is 5.49. The van der Waals surface area contributed by atoms with Crippen molar-refractivity contribution in [3.63, 3.8) is 0 Å².